The van der Waals surface area contributed by atoms with E-state index in [1.807, 2.05) is 23.8 Å². The number of thiophene rings is 1. The summed E-state index contributed by atoms with van der Waals surface area (Å²) in [6, 6.07) is 0.993. The summed E-state index contributed by atoms with van der Waals surface area (Å²) in [6.07, 6.45) is 1.64. The van der Waals surface area contributed by atoms with Crippen LogP contribution < -0.4 is 10.6 Å². The molecular weight excluding hydrogens is 430 g/mol. The number of nitrogens with zero attached hydrogens (tertiary/aromatic N) is 3. The van der Waals surface area contributed by atoms with Crippen LogP contribution in [0, 0.1) is 0 Å². The van der Waals surface area contributed by atoms with Crippen molar-refractivity contribution in [1.82, 2.24) is 25.3 Å². The number of ether oxygens (including phenoxy) is 1. The summed E-state index contributed by atoms with van der Waals surface area (Å²) in [6.45, 7) is 11.4. The zero-order valence-corrected chi connectivity index (χ0v) is 19.5. The Kier molecular flexibility index (Phi) is 8.29. The SMILES string of the molecule is C=CCN1C(=O)N[C@@H](c2ccsc2)C(C(=O)OCC)=C1CN1CCN(C(=O)NCC)CC1. The molecule has 0 radical (unpaired) electrons. The summed E-state index contributed by atoms with van der Waals surface area (Å²) >= 11 is 1.51. The van der Waals surface area contributed by atoms with Gasteiger partial charge in [0.1, 0.15) is 0 Å². The Morgan fingerprint density at radius 1 is 1.31 bits per heavy atom. The summed E-state index contributed by atoms with van der Waals surface area (Å²) in [5, 5.41) is 9.62. The average molecular weight is 462 g/mol. The van der Waals surface area contributed by atoms with Crippen molar-refractivity contribution in [2.45, 2.75) is 19.9 Å². The van der Waals surface area contributed by atoms with Crippen molar-refractivity contribution >= 4 is 29.4 Å². The zero-order valence-electron chi connectivity index (χ0n) is 18.6. The number of esters is 1. The summed E-state index contributed by atoms with van der Waals surface area (Å²) in [5.41, 5.74) is 1.91. The first kappa shape index (κ1) is 23.8. The van der Waals surface area contributed by atoms with Crippen LogP contribution in [0.4, 0.5) is 9.59 Å². The van der Waals surface area contributed by atoms with Crippen LogP contribution in [0.3, 0.4) is 0 Å². The Morgan fingerprint density at radius 3 is 2.66 bits per heavy atom. The maximum absolute atomic E-state index is 13.1. The quantitative estimate of drug-likeness (QED) is 0.457. The third-order valence-corrected chi connectivity index (χ3v) is 6.18. The summed E-state index contributed by atoms with van der Waals surface area (Å²) in [7, 11) is 0. The van der Waals surface area contributed by atoms with Crippen LogP contribution in [-0.4, -0.2) is 85.2 Å². The number of amides is 4. The fraction of sp³-hybridized carbons (Fsp3) is 0.500. The first-order chi connectivity index (χ1) is 15.5. The van der Waals surface area contributed by atoms with E-state index in [1.165, 1.54) is 11.3 Å². The molecule has 4 amide bonds. The molecule has 32 heavy (non-hydrogen) atoms. The molecule has 174 valence electrons. The van der Waals surface area contributed by atoms with Gasteiger partial charge in [-0.05, 0) is 36.2 Å². The zero-order chi connectivity index (χ0) is 23.1. The van der Waals surface area contributed by atoms with Gasteiger partial charge in [-0.15, -0.1) is 6.58 Å². The molecule has 3 heterocycles. The lowest BCUT2D eigenvalue weighted by Gasteiger charge is -2.40. The van der Waals surface area contributed by atoms with Crippen molar-refractivity contribution in [2.24, 2.45) is 0 Å². The molecule has 0 unspecified atom stereocenters. The first-order valence-electron chi connectivity index (χ1n) is 10.9. The third-order valence-electron chi connectivity index (χ3n) is 5.48. The number of nitrogens with one attached hydrogen (secondary N) is 2. The fourth-order valence-electron chi connectivity index (χ4n) is 3.92. The normalized spacial score (nSPS) is 19.6. The topological polar surface area (TPSA) is 94.2 Å². The first-order valence-corrected chi connectivity index (χ1v) is 11.8. The number of rotatable bonds is 8. The molecule has 10 heteroatoms. The Labute approximate surface area is 192 Å². The molecule has 2 aliphatic heterocycles. The minimum Gasteiger partial charge on any atom is -0.463 e. The van der Waals surface area contributed by atoms with Gasteiger partial charge >= 0.3 is 18.0 Å². The smallest absolute Gasteiger partial charge is 0.338 e. The van der Waals surface area contributed by atoms with Gasteiger partial charge in [-0.2, -0.15) is 11.3 Å². The highest BCUT2D eigenvalue weighted by Gasteiger charge is 2.39. The number of piperazine rings is 1. The molecule has 0 aromatic carbocycles. The largest absolute Gasteiger partial charge is 0.463 e. The van der Waals surface area contributed by atoms with Crippen LogP contribution in [0.5, 0.6) is 0 Å². The van der Waals surface area contributed by atoms with Crippen LogP contribution in [0.2, 0.25) is 0 Å². The number of carbonyl (C=O) groups is 3. The van der Waals surface area contributed by atoms with Gasteiger partial charge in [-0.1, -0.05) is 6.08 Å². The molecule has 0 saturated carbocycles. The highest BCUT2D eigenvalue weighted by atomic mass is 32.1. The van der Waals surface area contributed by atoms with E-state index in [2.05, 4.69) is 22.1 Å². The lowest BCUT2D eigenvalue weighted by molar-refractivity contribution is -0.139. The average Bonchev–Trinajstić information content (AvgIpc) is 3.31. The van der Waals surface area contributed by atoms with E-state index in [-0.39, 0.29) is 25.2 Å². The Bertz CT molecular complexity index is 862. The molecule has 9 nitrogen and oxygen atoms in total. The van der Waals surface area contributed by atoms with E-state index < -0.39 is 12.0 Å². The van der Waals surface area contributed by atoms with E-state index in [1.54, 1.807) is 22.8 Å². The molecule has 1 saturated heterocycles. The molecular formula is C22H31N5O4S. The summed E-state index contributed by atoms with van der Waals surface area (Å²) in [4.78, 5) is 43.7. The maximum Gasteiger partial charge on any atom is 0.338 e. The van der Waals surface area contributed by atoms with E-state index in [0.717, 1.165) is 5.56 Å². The van der Waals surface area contributed by atoms with Gasteiger partial charge in [0.2, 0.25) is 0 Å². The van der Waals surface area contributed by atoms with E-state index >= 15 is 0 Å². The van der Waals surface area contributed by atoms with Crippen molar-refractivity contribution < 1.29 is 19.1 Å². The fourth-order valence-corrected chi connectivity index (χ4v) is 4.60. The maximum atomic E-state index is 13.1. The standard InChI is InChI=1S/C22H31N5O4S/c1-4-8-27-17(14-25-9-11-26(12-10-25)21(29)23-5-2)18(20(28)31-6-3)19(24-22(27)30)16-7-13-32-15-16/h4,7,13,15,19H,1,5-6,8-12,14H2,2-3H3,(H,23,29)(H,24,30)/t19-/m0/s1. The molecule has 1 atom stereocenters. The van der Waals surface area contributed by atoms with Gasteiger partial charge in [0, 0.05) is 51.5 Å². The minimum atomic E-state index is -0.569. The predicted octanol–water partition coefficient (Wildman–Crippen LogP) is 2.16. The molecule has 1 fully saturated rings. The second-order valence-corrected chi connectivity index (χ2v) is 8.30. The minimum absolute atomic E-state index is 0.0681. The molecule has 3 rings (SSSR count). The van der Waals surface area contributed by atoms with E-state index in [4.69, 9.17) is 4.74 Å². The molecule has 1 aromatic heterocycles. The highest BCUT2D eigenvalue weighted by molar-refractivity contribution is 7.08. The van der Waals surface area contributed by atoms with Crippen LogP contribution in [0.15, 0.2) is 40.8 Å². The molecule has 0 aliphatic carbocycles. The van der Waals surface area contributed by atoms with Crippen molar-refractivity contribution in [1.29, 1.82) is 0 Å². The monoisotopic (exact) mass is 461 g/mol. The number of hydrogen-bond acceptors (Lipinski definition) is 6. The summed E-state index contributed by atoms with van der Waals surface area (Å²) < 4.78 is 5.39. The van der Waals surface area contributed by atoms with Gasteiger partial charge in [0.25, 0.3) is 0 Å². The van der Waals surface area contributed by atoms with Crippen LogP contribution in [0.25, 0.3) is 0 Å². The molecule has 2 aliphatic rings. The van der Waals surface area contributed by atoms with Gasteiger partial charge < -0.3 is 20.3 Å². The third kappa shape index (κ3) is 5.31. The van der Waals surface area contributed by atoms with Crippen molar-refractivity contribution in [3.05, 3.63) is 46.3 Å². The number of hydrogen-bond donors (Lipinski definition) is 2. The van der Waals surface area contributed by atoms with E-state index in [0.29, 0.717) is 50.5 Å². The van der Waals surface area contributed by atoms with Crippen molar-refractivity contribution in [3.63, 3.8) is 0 Å². The lowest BCUT2D eigenvalue weighted by atomic mass is 9.96. The molecule has 0 spiro atoms. The van der Waals surface area contributed by atoms with Crippen LogP contribution in [0.1, 0.15) is 25.5 Å². The Hall–Kier alpha value is -2.85. The highest BCUT2D eigenvalue weighted by Crippen LogP contribution is 2.33. The second-order valence-electron chi connectivity index (χ2n) is 7.52. The predicted molar refractivity (Wildman–Crippen MR) is 123 cm³/mol. The summed E-state index contributed by atoms with van der Waals surface area (Å²) in [5.74, 6) is -0.436. The van der Waals surface area contributed by atoms with Crippen LogP contribution in [-0.2, 0) is 9.53 Å². The van der Waals surface area contributed by atoms with E-state index in [9.17, 15) is 14.4 Å². The molecule has 1 aromatic rings. The van der Waals surface area contributed by atoms with Gasteiger partial charge in [0.05, 0.1) is 18.2 Å². The second kappa shape index (κ2) is 11.1. The number of carbonyl (C=O) groups excluding carboxylic acids is 3. The van der Waals surface area contributed by atoms with Gasteiger partial charge in [-0.3, -0.25) is 9.80 Å². The number of urea groups is 2. The molecule has 2 N–H and O–H groups in total. The molecule has 0 bridgehead atoms. The van der Waals surface area contributed by atoms with Gasteiger partial charge in [0.15, 0.2) is 0 Å². The Balaban J connectivity index is 1.91. The Morgan fingerprint density at radius 2 is 2.06 bits per heavy atom. The van der Waals surface area contributed by atoms with Gasteiger partial charge in [-0.25, -0.2) is 14.4 Å². The van der Waals surface area contributed by atoms with Crippen molar-refractivity contribution in [3.8, 4) is 0 Å². The lowest BCUT2D eigenvalue weighted by Crippen LogP contribution is -2.55. The van der Waals surface area contributed by atoms with Crippen LogP contribution >= 0.6 is 11.3 Å². The van der Waals surface area contributed by atoms with Crippen molar-refractivity contribution in [2.75, 3.05) is 52.4 Å².